The van der Waals surface area contributed by atoms with Crippen molar-refractivity contribution in [2.45, 2.75) is 32.7 Å². The zero-order chi connectivity index (χ0) is 20.1. The van der Waals surface area contributed by atoms with Crippen molar-refractivity contribution in [1.82, 2.24) is 25.5 Å². The predicted molar refractivity (Wildman–Crippen MR) is 108 cm³/mol. The monoisotopic (exact) mass is 399 g/mol. The quantitative estimate of drug-likeness (QED) is 0.637. The van der Waals surface area contributed by atoms with E-state index in [1.54, 1.807) is 35.9 Å². The highest BCUT2D eigenvalue weighted by Crippen LogP contribution is 2.26. The number of rotatable bonds is 7. The number of aliphatic hydroxyl groups is 1. The van der Waals surface area contributed by atoms with Crippen LogP contribution in [0.15, 0.2) is 42.5 Å². The molecule has 0 fully saturated rings. The molecule has 8 heteroatoms. The minimum Gasteiger partial charge on any atom is -0.394 e. The van der Waals surface area contributed by atoms with Crippen LogP contribution in [0.1, 0.15) is 36.5 Å². The summed E-state index contributed by atoms with van der Waals surface area (Å²) in [6.07, 6.45) is 1.62. The third kappa shape index (κ3) is 4.55. The molecule has 3 aromatic rings. The summed E-state index contributed by atoms with van der Waals surface area (Å²) >= 11 is 6.00. The number of carbonyl (C=O) groups excluding carboxylic acids is 1. The Kier molecular flexibility index (Phi) is 6.38. The van der Waals surface area contributed by atoms with Crippen molar-refractivity contribution in [3.63, 3.8) is 0 Å². The third-order valence-corrected chi connectivity index (χ3v) is 4.51. The predicted octanol–water partition coefficient (Wildman–Crippen LogP) is 3.05. The van der Waals surface area contributed by atoms with E-state index in [4.69, 9.17) is 11.6 Å². The molecular formula is C20H22ClN5O2. The number of aromatic nitrogens is 4. The number of amides is 1. The molecule has 146 valence electrons. The highest BCUT2D eigenvalue weighted by molar-refractivity contribution is 6.30. The van der Waals surface area contributed by atoms with E-state index in [1.165, 1.54) is 0 Å². The molecule has 3 rings (SSSR count). The molecule has 0 saturated carbocycles. The van der Waals surface area contributed by atoms with Crippen LogP contribution < -0.4 is 5.32 Å². The fraction of sp³-hybridized carbons (Fsp3) is 0.300. The Morgan fingerprint density at radius 1 is 1.21 bits per heavy atom. The van der Waals surface area contributed by atoms with Crippen LogP contribution in [0.5, 0.6) is 0 Å². The number of aliphatic hydroxyl groups excluding tert-OH is 1. The molecule has 0 radical (unpaired) electrons. The molecule has 0 unspecified atom stereocenters. The molecule has 0 aliphatic carbocycles. The van der Waals surface area contributed by atoms with E-state index in [0.29, 0.717) is 16.3 Å². The lowest BCUT2D eigenvalue weighted by atomic mass is 10.0. The molecule has 0 aliphatic heterocycles. The minimum absolute atomic E-state index is 0.136. The first kappa shape index (κ1) is 20.0. The number of hydrogen-bond acceptors (Lipinski definition) is 5. The number of halogens is 1. The average Bonchev–Trinajstić information content (AvgIpc) is 3.16. The molecular weight excluding hydrogens is 378 g/mol. The van der Waals surface area contributed by atoms with Crippen molar-refractivity contribution in [3.8, 4) is 16.8 Å². The fourth-order valence-electron chi connectivity index (χ4n) is 2.81. The molecule has 28 heavy (non-hydrogen) atoms. The average molecular weight is 400 g/mol. The van der Waals surface area contributed by atoms with Gasteiger partial charge in [0.05, 0.1) is 12.3 Å². The lowest BCUT2D eigenvalue weighted by Gasteiger charge is -2.14. The smallest absolute Gasteiger partial charge is 0.251 e. The van der Waals surface area contributed by atoms with Gasteiger partial charge < -0.3 is 10.4 Å². The Hall–Kier alpha value is -2.77. The second-order valence-corrected chi connectivity index (χ2v) is 7.03. The molecule has 0 spiro atoms. The van der Waals surface area contributed by atoms with Gasteiger partial charge in [-0.3, -0.25) is 4.79 Å². The van der Waals surface area contributed by atoms with E-state index in [0.717, 1.165) is 29.8 Å². The molecule has 1 atom stereocenters. The van der Waals surface area contributed by atoms with Gasteiger partial charge in [-0.05, 0) is 65.2 Å². The van der Waals surface area contributed by atoms with Crippen LogP contribution in [0.4, 0.5) is 0 Å². The highest BCUT2D eigenvalue weighted by Gasteiger charge is 2.15. The van der Waals surface area contributed by atoms with Crippen molar-refractivity contribution in [2.75, 3.05) is 6.61 Å². The van der Waals surface area contributed by atoms with E-state index in [9.17, 15) is 9.90 Å². The van der Waals surface area contributed by atoms with Crippen LogP contribution in [0.2, 0.25) is 5.02 Å². The van der Waals surface area contributed by atoms with Crippen molar-refractivity contribution in [2.24, 2.45) is 0 Å². The first-order valence-corrected chi connectivity index (χ1v) is 9.50. The van der Waals surface area contributed by atoms with E-state index < -0.39 is 0 Å². The van der Waals surface area contributed by atoms with E-state index in [-0.39, 0.29) is 18.6 Å². The van der Waals surface area contributed by atoms with E-state index >= 15 is 0 Å². The topological polar surface area (TPSA) is 92.9 Å². The molecule has 1 aromatic heterocycles. The van der Waals surface area contributed by atoms with Gasteiger partial charge in [-0.2, -0.15) is 4.68 Å². The van der Waals surface area contributed by atoms with Crippen molar-refractivity contribution >= 4 is 17.5 Å². The van der Waals surface area contributed by atoms with Crippen molar-refractivity contribution in [3.05, 3.63) is 58.9 Å². The second kappa shape index (κ2) is 8.95. The van der Waals surface area contributed by atoms with Crippen molar-refractivity contribution in [1.29, 1.82) is 0 Å². The van der Waals surface area contributed by atoms with Gasteiger partial charge in [0.1, 0.15) is 0 Å². The molecule has 7 nitrogen and oxygen atoms in total. The van der Waals surface area contributed by atoms with Crippen LogP contribution in [0.3, 0.4) is 0 Å². The third-order valence-electron chi connectivity index (χ3n) is 4.26. The zero-order valence-corrected chi connectivity index (χ0v) is 16.5. The van der Waals surface area contributed by atoms with Crippen molar-refractivity contribution < 1.29 is 9.90 Å². The number of carbonyl (C=O) groups is 1. The van der Waals surface area contributed by atoms with Gasteiger partial charge in [0.25, 0.3) is 5.91 Å². The Morgan fingerprint density at radius 2 is 1.96 bits per heavy atom. The van der Waals surface area contributed by atoms with Gasteiger partial charge in [0.2, 0.25) is 0 Å². The van der Waals surface area contributed by atoms with Crippen LogP contribution in [0, 0.1) is 0 Å². The maximum Gasteiger partial charge on any atom is 0.251 e. The van der Waals surface area contributed by atoms with E-state index in [2.05, 4.69) is 27.8 Å². The molecule has 1 heterocycles. The maximum absolute atomic E-state index is 12.7. The lowest BCUT2D eigenvalue weighted by molar-refractivity contribution is 0.0922. The minimum atomic E-state index is -0.348. The SMILES string of the molecule is CCCc1nnnn1-c1cc(C(=O)N[C@@H](C)CO)cc(-c2ccc(Cl)cc2)c1. The summed E-state index contributed by atoms with van der Waals surface area (Å²) in [4.78, 5) is 12.7. The molecule has 0 aliphatic rings. The van der Waals surface area contributed by atoms with Gasteiger partial charge in [-0.25, -0.2) is 0 Å². The van der Waals surface area contributed by atoms with Crippen LogP contribution in [-0.2, 0) is 6.42 Å². The first-order chi connectivity index (χ1) is 13.5. The number of hydrogen-bond donors (Lipinski definition) is 2. The Labute approximate surface area is 168 Å². The number of tetrazole rings is 1. The van der Waals surface area contributed by atoms with Gasteiger partial charge in [0.15, 0.2) is 5.82 Å². The molecule has 2 N–H and O–H groups in total. The molecule has 0 saturated heterocycles. The number of benzene rings is 2. The highest BCUT2D eigenvalue weighted by atomic mass is 35.5. The first-order valence-electron chi connectivity index (χ1n) is 9.12. The Balaban J connectivity index is 2.09. The van der Waals surface area contributed by atoms with Gasteiger partial charge in [0, 0.05) is 23.0 Å². The second-order valence-electron chi connectivity index (χ2n) is 6.59. The Bertz CT molecular complexity index is 955. The fourth-order valence-corrected chi connectivity index (χ4v) is 2.94. The zero-order valence-electron chi connectivity index (χ0n) is 15.8. The summed E-state index contributed by atoms with van der Waals surface area (Å²) in [5, 5.41) is 24.6. The summed E-state index contributed by atoms with van der Waals surface area (Å²) in [5.74, 6) is 0.453. The summed E-state index contributed by atoms with van der Waals surface area (Å²) in [6.45, 7) is 3.66. The molecule has 1 amide bonds. The van der Waals surface area contributed by atoms with Gasteiger partial charge in [-0.15, -0.1) is 5.10 Å². The number of nitrogens with zero attached hydrogens (tertiary/aromatic N) is 4. The maximum atomic E-state index is 12.7. The molecule has 2 aromatic carbocycles. The van der Waals surface area contributed by atoms with Crippen LogP contribution in [-0.4, -0.2) is 43.9 Å². The summed E-state index contributed by atoms with van der Waals surface area (Å²) in [5.41, 5.74) is 2.91. The van der Waals surface area contributed by atoms with Crippen LogP contribution in [0.25, 0.3) is 16.8 Å². The van der Waals surface area contributed by atoms with Crippen LogP contribution >= 0.6 is 11.6 Å². The Morgan fingerprint density at radius 3 is 2.64 bits per heavy atom. The van der Waals surface area contributed by atoms with Gasteiger partial charge in [-0.1, -0.05) is 30.7 Å². The van der Waals surface area contributed by atoms with Gasteiger partial charge >= 0.3 is 0 Å². The standard InChI is InChI=1S/C20H22ClN5O2/c1-3-4-19-23-24-25-26(19)18-10-15(14-5-7-17(21)8-6-14)9-16(11-18)20(28)22-13(2)12-27/h5-11,13,27H,3-4,12H2,1-2H3,(H,22,28)/t13-/m0/s1. The van der Waals surface area contributed by atoms with E-state index in [1.807, 2.05) is 18.2 Å². The summed E-state index contributed by atoms with van der Waals surface area (Å²) < 4.78 is 1.65. The summed E-state index contributed by atoms with van der Waals surface area (Å²) in [7, 11) is 0. The molecule has 0 bridgehead atoms. The lowest BCUT2D eigenvalue weighted by Crippen LogP contribution is -2.35. The number of nitrogens with one attached hydrogen (secondary N) is 1. The largest absolute Gasteiger partial charge is 0.394 e. The number of aryl methyl sites for hydroxylation is 1. The summed E-state index contributed by atoms with van der Waals surface area (Å²) in [6, 6.07) is 12.5. The normalized spacial score (nSPS) is 12.0.